The standard InChI is InChI=1S/C13H28N2/c1-12(13-8-5-4-6-9-13)14-10-7-11-15(2)3/h12-14H,4-11H2,1-3H3. The molecule has 1 fully saturated rings. The summed E-state index contributed by atoms with van der Waals surface area (Å²) in [5, 5.41) is 3.68. The molecule has 0 aliphatic heterocycles. The van der Waals surface area contributed by atoms with Gasteiger partial charge in [-0.2, -0.15) is 0 Å². The molecule has 90 valence electrons. The first-order valence-corrected chi connectivity index (χ1v) is 6.58. The quantitative estimate of drug-likeness (QED) is 0.681. The van der Waals surface area contributed by atoms with Gasteiger partial charge in [-0.05, 0) is 59.3 Å². The van der Waals surface area contributed by atoms with E-state index in [9.17, 15) is 0 Å². The van der Waals surface area contributed by atoms with E-state index in [2.05, 4.69) is 31.2 Å². The van der Waals surface area contributed by atoms with Gasteiger partial charge in [-0.1, -0.05) is 19.3 Å². The molecule has 1 aliphatic carbocycles. The SMILES string of the molecule is CC(NCCCN(C)C)C1CCCCC1. The van der Waals surface area contributed by atoms with Crippen LogP contribution in [0.4, 0.5) is 0 Å². The Morgan fingerprint density at radius 1 is 1.20 bits per heavy atom. The lowest BCUT2D eigenvalue weighted by Gasteiger charge is -2.28. The zero-order chi connectivity index (χ0) is 11.1. The second-order valence-corrected chi connectivity index (χ2v) is 5.30. The fourth-order valence-electron chi connectivity index (χ4n) is 2.53. The second-order valence-electron chi connectivity index (χ2n) is 5.30. The smallest absolute Gasteiger partial charge is 0.00670 e. The van der Waals surface area contributed by atoms with Crippen molar-refractivity contribution in [2.75, 3.05) is 27.2 Å². The van der Waals surface area contributed by atoms with E-state index in [4.69, 9.17) is 0 Å². The van der Waals surface area contributed by atoms with Gasteiger partial charge in [-0.3, -0.25) is 0 Å². The highest BCUT2D eigenvalue weighted by Gasteiger charge is 2.18. The molecule has 0 aromatic rings. The Morgan fingerprint density at radius 2 is 1.87 bits per heavy atom. The molecule has 0 spiro atoms. The third-order valence-corrected chi connectivity index (χ3v) is 3.61. The molecule has 1 aliphatic rings. The van der Waals surface area contributed by atoms with Crippen molar-refractivity contribution in [3.8, 4) is 0 Å². The molecule has 0 amide bonds. The summed E-state index contributed by atoms with van der Waals surface area (Å²) in [6.45, 7) is 4.74. The van der Waals surface area contributed by atoms with Crippen molar-refractivity contribution in [3.05, 3.63) is 0 Å². The molecular formula is C13H28N2. The van der Waals surface area contributed by atoms with Crippen LogP contribution >= 0.6 is 0 Å². The Morgan fingerprint density at radius 3 is 2.47 bits per heavy atom. The molecule has 1 unspecified atom stereocenters. The fourth-order valence-corrected chi connectivity index (χ4v) is 2.53. The van der Waals surface area contributed by atoms with Crippen molar-refractivity contribution in [2.24, 2.45) is 5.92 Å². The maximum absolute atomic E-state index is 3.68. The summed E-state index contributed by atoms with van der Waals surface area (Å²) in [6, 6.07) is 0.729. The number of rotatable bonds is 6. The average Bonchev–Trinajstić information content (AvgIpc) is 2.25. The van der Waals surface area contributed by atoms with Crippen molar-refractivity contribution >= 4 is 0 Å². The zero-order valence-corrected chi connectivity index (χ0v) is 10.8. The second kappa shape index (κ2) is 7.24. The van der Waals surface area contributed by atoms with Gasteiger partial charge in [0.1, 0.15) is 0 Å². The van der Waals surface area contributed by atoms with Crippen LogP contribution in [0.25, 0.3) is 0 Å². The summed E-state index contributed by atoms with van der Waals surface area (Å²) < 4.78 is 0. The maximum Gasteiger partial charge on any atom is 0.00670 e. The molecule has 0 saturated heterocycles. The third kappa shape index (κ3) is 5.53. The van der Waals surface area contributed by atoms with Gasteiger partial charge in [0.05, 0.1) is 0 Å². The Kier molecular flexibility index (Phi) is 6.26. The predicted molar refractivity (Wildman–Crippen MR) is 67.2 cm³/mol. The van der Waals surface area contributed by atoms with E-state index in [-0.39, 0.29) is 0 Å². The lowest BCUT2D eigenvalue weighted by atomic mass is 9.84. The minimum absolute atomic E-state index is 0.729. The van der Waals surface area contributed by atoms with Gasteiger partial charge in [-0.25, -0.2) is 0 Å². The van der Waals surface area contributed by atoms with E-state index in [1.165, 1.54) is 51.6 Å². The summed E-state index contributed by atoms with van der Waals surface area (Å²) in [5.74, 6) is 0.943. The number of nitrogens with one attached hydrogen (secondary N) is 1. The van der Waals surface area contributed by atoms with E-state index < -0.39 is 0 Å². The van der Waals surface area contributed by atoms with Gasteiger partial charge >= 0.3 is 0 Å². The van der Waals surface area contributed by atoms with Crippen molar-refractivity contribution in [1.29, 1.82) is 0 Å². The van der Waals surface area contributed by atoms with Gasteiger partial charge in [-0.15, -0.1) is 0 Å². The molecule has 1 N–H and O–H groups in total. The van der Waals surface area contributed by atoms with E-state index >= 15 is 0 Å². The molecular weight excluding hydrogens is 184 g/mol. The Hall–Kier alpha value is -0.0800. The fraction of sp³-hybridized carbons (Fsp3) is 1.00. The number of hydrogen-bond acceptors (Lipinski definition) is 2. The van der Waals surface area contributed by atoms with Crippen LogP contribution in [-0.2, 0) is 0 Å². The topological polar surface area (TPSA) is 15.3 Å². The van der Waals surface area contributed by atoms with Crippen LogP contribution in [0.5, 0.6) is 0 Å². The number of hydrogen-bond donors (Lipinski definition) is 1. The summed E-state index contributed by atoms with van der Waals surface area (Å²) in [6.07, 6.45) is 8.53. The van der Waals surface area contributed by atoms with Gasteiger partial charge in [0.2, 0.25) is 0 Å². The highest BCUT2D eigenvalue weighted by atomic mass is 15.1. The molecule has 0 aromatic heterocycles. The summed E-state index contributed by atoms with van der Waals surface area (Å²) >= 11 is 0. The molecule has 1 saturated carbocycles. The largest absolute Gasteiger partial charge is 0.314 e. The Balaban J connectivity index is 2.04. The lowest BCUT2D eigenvalue weighted by molar-refractivity contribution is 0.277. The van der Waals surface area contributed by atoms with Crippen LogP contribution in [-0.4, -0.2) is 38.1 Å². The molecule has 0 heterocycles. The van der Waals surface area contributed by atoms with Gasteiger partial charge in [0.15, 0.2) is 0 Å². The molecule has 2 nitrogen and oxygen atoms in total. The first-order valence-electron chi connectivity index (χ1n) is 6.58. The van der Waals surface area contributed by atoms with Gasteiger partial charge in [0, 0.05) is 6.04 Å². The minimum atomic E-state index is 0.729. The van der Waals surface area contributed by atoms with Crippen LogP contribution < -0.4 is 5.32 Å². The molecule has 0 bridgehead atoms. The molecule has 0 radical (unpaired) electrons. The first kappa shape index (κ1) is 13.0. The van der Waals surface area contributed by atoms with E-state index in [1.54, 1.807) is 0 Å². The van der Waals surface area contributed by atoms with Gasteiger partial charge in [0.25, 0.3) is 0 Å². The van der Waals surface area contributed by atoms with Crippen LogP contribution in [0.2, 0.25) is 0 Å². The molecule has 1 atom stereocenters. The van der Waals surface area contributed by atoms with Crippen molar-refractivity contribution in [2.45, 2.75) is 51.5 Å². The van der Waals surface area contributed by atoms with Crippen molar-refractivity contribution < 1.29 is 0 Å². The van der Waals surface area contributed by atoms with Crippen LogP contribution in [0.1, 0.15) is 45.4 Å². The zero-order valence-electron chi connectivity index (χ0n) is 10.8. The van der Waals surface area contributed by atoms with E-state index in [0.717, 1.165) is 12.0 Å². The van der Waals surface area contributed by atoms with Gasteiger partial charge < -0.3 is 10.2 Å². The highest BCUT2D eigenvalue weighted by Crippen LogP contribution is 2.26. The van der Waals surface area contributed by atoms with E-state index in [1.807, 2.05) is 0 Å². The molecule has 0 aromatic carbocycles. The maximum atomic E-state index is 3.68. The van der Waals surface area contributed by atoms with Crippen LogP contribution in [0.15, 0.2) is 0 Å². The van der Waals surface area contributed by atoms with E-state index in [0.29, 0.717) is 0 Å². The molecule has 2 heteroatoms. The third-order valence-electron chi connectivity index (χ3n) is 3.61. The van der Waals surface area contributed by atoms with Crippen LogP contribution in [0, 0.1) is 5.92 Å². The summed E-state index contributed by atoms with van der Waals surface area (Å²) in [5.41, 5.74) is 0. The predicted octanol–water partition coefficient (Wildman–Crippen LogP) is 2.50. The van der Waals surface area contributed by atoms with Crippen molar-refractivity contribution in [3.63, 3.8) is 0 Å². The lowest BCUT2D eigenvalue weighted by Crippen LogP contribution is -2.36. The Labute approximate surface area is 95.4 Å². The van der Waals surface area contributed by atoms with Crippen LogP contribution in [0.3, 0.4) is 0 Å². The first-order chi connectivity index (χ1) is 7.20. The molecule has 1 rings (SSSR count). The highest BCUT2D eigenvalue weighted by molar-refractivity contribution is 4.75. The summed E-state index contributed by atoms with van der Waals surface area (Å²) in [7, 11) is 4.29. The normalized spacial score (nSPS) is 20.8. The Bertz CT molecular complexity index is 151. The van der Waals surface area contributed by atoms with Crippen molar-refractivity contribution in [1.82, 2.24) is 10.2 Å². The minimum Gasteiger partial charge on any atom is -0.314 e. The monoisotopic (exact) mass is 212 g/mol. The summed E-state index contributed by atoms with van der Waals surface area (Å²) in [4.78, 5) is 2.26. The average molecular weight is 212 g/mol. The molecule has 15 heavy (non-hydrogen) atoms. The number of nitrogens with zero attached hydrogens (tertiary/aromatic N) is 1.